The monoisotopic (exact) mass is 172 g/mol. The van der Waals surface area contributed by atoms with Crippen LogP contribution in [-0.4, -0.2) is 9.55 Å². The number of imidazole rings is 1. The molecule has 2 nitrogen and oxygen atoms in total. The SMILES string of the molecule is C/C=C/Cn1cnc2ccccc21. The van der Waals surface area contributed by atoms with Crippen molar-refractivity contribution in [2.45, 2.75) is 13.5 Å². The zero-order valence-electron chi connectivity index (χ0n) is 7.64. The van der Waals surface area contributed by atoms with E-state index in [4.69, 9.17) is 0 Å². The summed E-state index contributed by atoms with van der Waals surface area (Å²) in [7, 11) is 0. The molecule has 0 aliphatic heterocycles. The average Bonchev–Trinajstić information content (AvgIpc) is 2.58. The minimum atomic E-state index is 0.900. The van der Waals surface area contributed by atoms with Crippen molar-refractivity contribution in [3.63, 3.8) is 0 Å². The number of fused-ring (bicyclic) bond motifs is 1. The second-order valence-electron chi connectivity index (χ2n) is 2.95. The molecular weight excluding hydrogens is 160 g/mol. The molecule has 0 bridgehead atoms. The van der Waals surface area contributed by atoms with Crippen LogP contribution >= 0.6 is 0 Å². The van der Waals surface area contributed by atoms with Gasteiger partial charge in [-0.25, -0.2) is 4.98 Å². The van der Waals surface area contributed by atoms with Gasteiger partial charge in [-0.1, -0.05) is 24.3 Å². The Morgan fingerprint density at radius 3 is 3.08 bits per heavy atom. The van der Waals surface area contributed by atoms with E-state index >= 15 is 0 Å². The Balaban J connectivity index is 2.45. The average molecular weight is 172 g/mol. The molecule has 13 heavy (non-hydrogen) atoms. The molecule has 1 aromatic carbocycles. The molecule has 2 heteroatoms. The highest BCUT2D eigenvalue weighted by Gasteiger charge is 1.97. The lowest BCUT2D eigenvalue weighted by Gasteiger charge is -1.97. The summed E-state index contributed by atoms with van der Waals surface area (Å²) in [6.45, 7) is 2.93. The zero-order chi connectivity index (χ0) is 9.10. The summed E-state index contributed by atoms with van der Waals surface area (Å²) in [6.07, 6.45) is 6.05. The minimum Gasteiger partial charge on any atom is -0.327 e. The third-order valence-corrected chi connectivity index (χ3v) is 2.07. The van der Waals surface area contributed by atoms with Crippen molar-refractivity contribution in [1.29, 1.82) is 0 Å². The van der Waals surface area contributed by atoms with E-state index in [0.717, 1.165) is 12.1 Å². The van der Waals surface area contributed by atoms with E-state index in [1.165, 1.54) is 5.52 Å². The van der Waals surface area contributed by atoms with Gasteiger partial charge in [0.2, 0.25) is 0 Å². The lowest BCUT2D eigenvalue weighted by molar-refractivity contribution is 0.848. The summed E-state index contributed by atoms with van der Waals surface area (Å²) >= 11 is 0. The van der Waals surface area contributed by atoms with Crippen LogP contribution in [-0.2, 0) is 6.54 Å². The molecule has 0 amide bonds. The molecule has 1 heterocycles. The van der Waals surface area contributed by atoms with Crippen molar-refractivity contribution in [3.8, 4) is 0 Å². The van der Waals surface area contributed by atoms with E-state index in [0.29, 0.717) is 0 Å². The second-order valence-corrected chi connectivity index (χ2v) is 2.95. The molecule has 0 saturated heterocycles. The quantitative estimate of drug-likeness (QED) is 0.637. The van der Waals surface area contributed by atoms with Crippen LogP contribution in [0.2, 0.25) is 0 Å². The van der Waals surface area contributed by atoms with E-state index in [9.17, 15) is 0 Å². The summed E-state index contributed by atoms with van der Waals surface area (Å²) in [6, 6.07) is 8.17. The van der Waals surface area contributed by atoms with Crippen molar-refractivity contribution in [2.75, 3.05) is 0 Å². The minimum absolute atomic E-state index is 0.900. The van der Waals surface area contributed by atoms with Crippen LogP contribution < -0.4 is 0 Å². The Bertz CT molecular complexity index is 426. The van der Waals surface area contributed by atoms with Crippen molar-refractivity contribution in [2.24, 2.45) is 0 Å². The maximum absolute atomic E-state index is 4.30. The van der Waals surface area contributed by atoms with Gasteiger partial charge in [0.25, 0.3) is 0 Å². The summed E-state index contributed by atoms with van der Waals surface area (Å²) in [5.41, 5.74) is 2.26. The van der Waals surface area contributed by atoms with Crippen LogP contribution in [0.5, 0.6) is 0 Å². The van der Waals surface area contributed by atoms with E-state index < -0.39 is 0 Å². The molecular formula is C11H12N2. The molecule has 0 saturated carbocycles. The maximum atomic E-state index is 4.30. The van der Waals surface area contributed by atoms with Gasteiger partial charge in [-0.15, -0.1) is 0 Å². The standard InChI is InChI=1S/C11H12N2/c1-2-3-8-13-9-12-10-6-4-5-7-11(10)13/h2-7,9H,8H2,1H3/b3-2+. The number of allylic oxidation sites excluding steroid dienone is 2. The summed E-state index contributed by atoms with van der Waals surface area (Å²) in [5, 5.41) is 0. The Morgan fingerprint density at radius 1 is 1.38 bits per heavy atom. The highest BCUT2D eigenvalue weighted by atomic mass is 15.0. The Kier molecular flexibility index (Phi) is 2.13. The van der Waals surface area contributed by atoms with Crippen molar-refractivity contribution >= 4 is 11.0 Å². The fourth-order valence-corrected chi connectivity index (χ4v) is 1.37. The van der Waals surface area contributed by atoms with Crippen LogP contribution in [0.1, 0.15) is 6.92 Å². The number of aromatic nitrogens is 2. The van der Waals surface area contributed by atoms with Gasteiger partial charge in [0.1, 0.15) is 0 Å². The molecule has 66 valence electrons. The van der Waals surface area contributed by atoms with Crippen LogP contribution in [0.25, 0.3) is 11.0 Å². The van der Waals surface area contributed by atoms with Gasteiger partial charge in [0.05, 0.1) is 17.4 Å². The third kappa shape index (κ3) is 1.47. The van der Waals surface area contributed by atoms with Gasteiger partial charge in [-0.2, -0.15) is 0 Å². The number of hydrogen-bond donors (Lipinski definition) is 0. The Hall–Kier alpha value is -1.57. The molecule has 2 aromatic rings. The number of nitrogens with zero attached hydrogens (tertiary/aromatic N) is 2. The van der Waals surface area contributed by atoms with Gasteiger partial charge >= 0.3 is 0 Å². The van der Waals surface area contributed by atoms with Gasteiger partial charge < -0.3 is 4.57 Å². The largest absolute Gasteiger partial charge is 0.327 e. The van der Waals surface area contributed by atoms with Crippen LogP contribution in [0.4, 0.5) is 0 Å². The van der Waals surface area contributed by atoms with Crippen LogP contribution in [0, 0.1) is 0 Å². The fraction of sp³-hybridized carbons (Fsp3) is 0.182. The van der Waals surface area contributed by atoms with E-state index in [1.807, 2.05) is 31.5 Å². The molecule has 0 radical (unpaired) electrons. The number of benzene rings is 1. The van der Waals surface area contributed by atoms with Gasteiger partial charge in [-0.05, 0) is 19.1 Å². The first-order chi connectivity index (χ1) is 6.42. The van der Waals surface area contributed by atoms with E-state index in [1.54, 1.807) is 0 Å². The van der Waals surface area contributed by atoms with Crippen LogP contribution in [0.15, 0.2) is 42.7 Å². The first-order valence-corrected chi connectivity index (χ1v) is 4.43. The molecule has 2 rings (SSSR count). The number of hydrogen-bond acceptors (Lipinski definition) is 1. The summed E-state index contributed by atoms with van der Waals surface area (Å²) in [4.78, 5) is 4.30. The highest BCUT2D eigenvalue weighted by molar-refractivity contribution is 5.74. The van der Waals surface area contributed by atoms with E-state index in [2.05, 4.69) is 27.8 Å². The molecule has 0 spiro atoms. The van der Waals surface area contributed by atoms with Gasteiger partial charge in [0.15, 0.2) is 0 Å². The maximum Gasteiger partial charge on any atom is 0.0961 e. The Labute approximate surface area is 77.5 Å². The zero-order valence-corrected chi connectivity index (χ0v) is 7.64. The lowest BCUT2D eigenvalue weighted by atomic mass is 10.3. The Morgan fingerprint density at radius 2 is 2.23 bits per heavy atom. The van der Waals surface area contributed by atoms with Crippen molar-refractivity contribution < 1.29 is 0 Å². The fourth-order valence-electron chi connectivity index (χ4n) is 1.37. The smallest absolute Gasteiger partial charge is 0.0961 e. The topological polar surface area (TPSA) is 17.8 Å². The lowest BCUT2D eigenvalue weighted by Crippen LogP contribution is -1.91. The van der Waals surface area contributed by atoms with Gasteiger partial charge in [-0.3, -0.25) is 0 Å². The molecule has 1 aromatic heterocycles. The molecule has 0 aliphatic carbocycles. The molecule has 0 fully saturated rings. The number of rotatable bonds is 2. The normalized spacial score (nSPS) is 11.5. The molecule has 0 unspecified atom stereocenters. The van der Waals surface area contributed by atoms with Crippen LogP contribution in [0.3, 0.4) is 0 Å². The molecule has 0 atom stereocenters. The third-order valence-electron chi connectivity index (χ3n) is 2.07. The number of para-hydroxylation sites is 2. The van der Waals surface area contributed by atoms with Gasteiger partial charge in [0, 0.05) is 6.54 Å². The highest BCUT2D eigenvalue weighted by Crippen LogP contribution is 2.11. The predicted molar refractivity (Wildman–Crippen MR) is 54.5 cm³/mol. The second kappa shape index (κ2) is 3.44. The first kappa shape index (κ1) is 8.05. The van der Waals surface area contributed by atoms with Crippen molar-refractivity contribution in [1.82, 2.24) is 9.55 Å². The van der Waals surface area contributed by atoms with E-state index in [-0.39, 0.29) is 0 Å². The first-order valence-electron chi connectivity index (χ1n) is 4.43. The predicted octanol–water partition coefficient (Wildman–Crippen LogP) is 2.61. The summed E-state index contributed by atoms with van der Waals surface area (Å²) < 4.78 is 2.13. The summed E-state index contributed by atoms with van der Waals surface area (Å²) in [5.74, 6) is 0. The van der Waals surface area contributed by atoms with Crippen molar-refractivity contribution in [3.05, 3.63) is 42.7 Å². The molecule has 0 N–H and O–H groups in total. The molecule has 0 aliphatic rings.